The Balaban J connectivity index is 1.58. The number of likely N-dealkylation sites (tertiary alicyclic amines) is 1. The van der Waals surface area contributed by atoms with Gasteiger partial charge in [0.1, 0.15) is 5.82 Å². The molecule has 4 rings (SSSR count). The van der Waals surface area contributed by atoms with E-state index in [4.69, 9.17) is 0 Å². The highest BCUT2D eigenvalue weighted by Gasteiger charge is 2.23. The lowest BCUT2D eigenvalue weighted by atomic mass is 9.90. The summed E-state index contributed by atoms with van der Waals surface area (Å²) in [5, 5.41) is 26.4. The van der Waals surface area contributed by atoms with E-state index in [1.807, 2.05) is 13.0 Å². The number of carbonyl (C=O) groups excluding carboxylic acids is 2. The van der Waals surface area contributed by atoms with E-state index in [0.29, 0.717) is 40.0 Å². The SMILES string of the molecule is C=C(/C=C(\N=CC)n1nc(C(=O)NC)cc1Nc1cc(NC(=O)c2ccnc(C(C)(C)C#N)c2)ccc1C)NCCN1CCCCC1. The van der Waals surface area contributed by atoms with Gasteiger partial charge in [-0.05, 0) is 83.5 Å². The number of benzene rings is 1. The molecule has 4 N–H and O–H groups in total. The lowest BCUT2D eigenvalue weighted by Gasteiger charge is -2.26. The van der Waals surface area contributed by atoms with Gasteiger partial charge in [0, 0.05) is 67.3 Å². The molecular formula is C35H44N10O2. The number of anilines is 3. The molecule has 2 aromatic heterocycles. The molecule has 246 valence electrons. The molecule has 1 aliphatic rings. The zero-order chi connectivity index (χ0) is 34.0. The van der Waals surface area contributed by atoms with Crippen LogP contribution in [-0.4, -0.2) is 70.9 Å². The largest absolute Gasteiger partial charge is 0.384 e. The third kappa shape index (κ3) is 9.14. The van der Waals surface area contributed by atoms with Gasteiger partial charge in [0.15, 0.2) is 11.5 Å². The predicted molar refractivity (Wildman–Crippen MR) is 187 cm³/mol. The van der Waals surface area contributed by atoms with Crippen LogP contribution in [0.5, 0.6) is 0 Å². The summed E-state index contributed by atoms with van der Waals surface area (Å²) in [6.45, 7) is 15.3. The van der Waals surface area contributed by atoms with Gasteiger partial charge in [-0.3, -0.25) is 14.6 Å². The second-order valence-corrected chi connectivity index (χ2v) is 11.9. The number of aliphatic imine (C=N–C) groups is 1. The van der Waals surface area contributed by atoms with Crippen molar-refractivity contribution in [2.45, 2.75) is 52.4 Å². The quantitative estimate of drug-likeness (QED) is 0.147. The molecule has 0 unspecified atom stereocenters. The summed E-state index contributed by atoms with van der Waals surface area (Å²) in [5.74, 6) is 0.263. The number of carbonyl (C=O) groups is 2. The fourth-order valence-electron chi connectivity index (χ4n) is 5.08. The van der Waals surface area contributed by atoms with Gasteiger partial charge >= 0.3 is 0 Å². The lowest BCUT2D eigenvalue weighted by Crippen LogP contribution is -2.35. The summed E-state index contributed by atoms with van der Waals surface area (Å²) < 4.78 is 1.56. The van der Waals surface area contributed by atoms with Crippen LogP contribution in [-0.2, 0) is 5.41 Å². The Bertz CT molecular complexity index is 1710. The van der Waals surface area contributed by atoms with Crippen LogP contribution >= 0.6 is 0 Å². The predicted octanol–water partition coefficient (Wildman–Crippen LogP) is 5.22. The minimum absolute atomic E-state index is 0.201. The van der Waals surface area contributed by atoms with Crippen molar-refractivity contribution in [3.63, 3.8) is 0 Å². The highest BCUT2D eigenvalue weighted by molar-refractivity contribution is 6.04. The van der Waals surface area contributed by atoms with Gasteiger partial charge in [-0.15, -0.1) is 0 Å². The minimum Gasteiger partial charge on any atom is -0.384 e. The van der Waals surface area contributed by atoms with E-state index >= 15 is 0 Å². The molecule has 1 aromatic carbocycles. The average molecular weight is 637 g/mol. The first-order chi connectivity index (χ1) is 22.5. The van der Waals surface area contributed by atoms with Gasteiger partial charge in [0.05, 0.1) is 17.2 Å². The zero-order valence-corrected chi connectivity index (χ0v) is 27.9. The molecule has 2 amide bonds. The van der Waals surface area contributed by atoms with E-state index in [-0.39, 0.29) is 17.5 Å². The summed E-state index contributed by atoms with van der Waals surface area (Å²) >= 11 is 0. The highest BCUT2D eigenvalue weighted by atomic mass is 16.2. The maximum Gasteiger partial charge on any atom is 0.271 e. The Kier molecular flexibility index (Phi) is 11.6. The average Bonchev–Trinajstić information content (AvgIpc) is 3.50. The van der Waals surface area contributed by atoms with Crippen molar-refractivity contribution in [2.24, 2.45) is 4.99 Å². The number of pyridine rings is 1. The Labute approximate surface area is 276 Å². The Morgan fingerprint density at radius 2 is 1.89 bits per heavy atom. The van der Waals surface area contributed by atoms with Crippen LogP contribution in [0.3, 0.4) is 0 Å². The van der Waals surface area contributed by atoms with Crippen LogP contribution in [0.25, 0.3) is 5.82 Å². The van der Waals surface area contributed by atoms with Gasteiger partial charge in [-0.2, -0.15) is 15.0 Å². The molecule has 0 bridgehead atoms. The van der Waals surface area contributed by atoms with Crippen LogP contribution in [0.4, 0.5) is 17.2 Å². The van der Waals surface area contributed by atoms with Crippen LogP contribution in [0.1, 0.15) is 72.1 Å². The van der Waals surface area contributed by atoms with Gasteiger partial charge in [-0.1, -0.05) is 19.1 Å². The van der Waals surface area contributed by atoms with Crippen molar-refractivity contribution < 1.29 is 9.59 Å². The molecule has 1 fully saturated rings. The second kappa shape index (κ2) is 15.8. The van der Waals surface area contributed by atoms with Crippen molar-refractivity contribution in [2.75, 3.05) is 43.9 Å². The number of piperidine rings is 1. The topological polar surface area (TPSA) is 152 Å². The summed E-state index contributed by atoms with van der Waals surface area (Å²) in [5.41, 5.74) is 3.07. The molecule has 0 spiro atoms. The summed E-state index contributed by atoms with van der Waals surface area (Å²) in [6, 6.07) is 12.6. The number of nitrogens with zero attached hydrogens (tertiary/aromatic N) is 6. The molecule has 0 radical (unpaired) electrons. The molecule has 0 aliphatic carbocycles. The summed E-state index contributed by atoms with van der Waals surface area (Å²) in [4.78, 5) is 37.1. The van der Waals surface area contributed by atoms with Crippen molar-refractivity contribution in [3.05, 3.63) is 83.5 Å². The van der Waals surface area contributed by atoms with E-state index in [2.05, 4.69) is 53.9 Å². The molecule has 47 heavy (non-hydrogen) atoms. The van der Waals surface area contributed by atoms with Crippen LogP contribution in [0.2, 0.25) is 0 Å². The molecule has 0 atom stereocenters. The first-order valence-corrected chi connectivity index (χ1v) is 15.8. The number of aryl methyl sites for hydroxylation is 1. The second-order valence-electron chi connectivity index (χ2n) is 11.9. The van der Waals surface area contributed by atoms with Gasteiger partial charge < -0.3 is 26.2 Å². The third-order valence-corrected chi connectivity index (χ3v) is 7.88. The standard InChI is InChI=1S/C35H44N10O2/c1-7-38-31(19-25(3)39-15-18-44-16-9-8-10-17-44)45-32(22-29(43-45)34(47)37-6)42-28-21-27(12-11-24(28)2)41-33(46)26-13-14-40-30(20-26)35(4,5)23-36/h7,11-14,19-22,39,42H,3,8-10,15-18H2,1-2,4-6H3,(H,37,47)(H,41,46)/b31-19+,38-7?. The molecule has 1 aliphatic heterocycles. The number of hydrogen-bond donors (Lipinski definition) is 4. The number of allylic oxidation sites excluding steroid dienone is 1. The number of nitrogens with one attached hydrogen (secondary N) is 4. The zero-order valence-electron chi connectivity index (χ0n) is 27.9. The monoisotopic (exact) mass is 636 g/mol. The first-order valence-electron chi connectivity index (χ1n) is 15.8. The number of rotatable bonds is 13. The highest BCUT2D eigenvalue weighted by Crippen LogP contribution is 2.28. The summed E-state index contributed by atoms with van der Waals surface area (Å²) in [6.07, 6.45) is 8.75. The number of aromatic nitrogens is 3. The molecule has 12 heteroatoms. The van der Waals surface area contributed by atoms with Crippen LogP contribution in [0.15, 0.2) is 65.9 Å². The number of amides is 2. The smallest absolute Gasteiger partial charge is 0.271 e. The van der Waals surface area contributed by atoms with Crippen LogP contribution in [0, 0.1) is 18.3 Å². The fourth-order valence-corrected chi connectivity index (χ4v) is 5.08. The molecule has 3 heterocycles. The maximum absolute atomic E-state index is 13.2. The van der Waals surface area contributed by atoms with E-state index in [9.17, 15) is 14.9 Å². The van der Waals surface area contributed by atoms with Crippen molar-refractivity contribution in [1.29, 1.82) is 5.26 Å². The first kappa shape index (κ1) is 34.6. The minimum atomic E-state index is -0.835. The normalized spacial score (nSPS) is 14.0. The van der Waals surface area contributed by atoms with E-state index < -0.39 is 5.41 Å². The Morgan fingerprint density at radius 1 is 1.13 bits per heavy atom. The van der Waals surface area contributed by atoms with Crippen LogP contribution < -0.4 is 21.3 Å². The lowest BCUT2D eigenvalue weighted by molar-refractivity contribution is 0.0957. The van der Waals surface area contributed by atoms with E-state index in [1.165, 1.54) is 25.5 Å². The maximum atomic E-state index is 13.2. The van der Waals surface area contributed by atoms with E-state index in [0.717, 1.165) is 31.7 Å². The summed E-state index contributed by atoms with van der Waals surface area (Å²) in [7, 11) is 1.55. The van der Waals surface area contributed by atoms with Gasteiger partial charge in [0.25, 0.3) is 11.8 Å². The molecule has 1 saturated heterocycles. The Morgan fingerprint density at radius 3 is 2.60 bits per heavy atom. The van der Waals surface area contributed by atoms with E-state index in [1.54, 1.807) is 75.1 Å². The third-order valence-electron chi connectivity index (χ3n) is 7.88. The fraction of sp³-hybridized carbons (Fsp3) is 0.371. The van der Waals surface area contributed by atoms with Crippen molar-refractivity contribution in [3.8, 4) is 6.07 Å². The molecule has 3 aromatic rings. The Hall–Kier alpha value is -5.28. The van der Waals surface area contributed by atoms with Crippen molar-refractivity contribution in [1.82, 2.24) is 30.3 Å². The molecular weight excluding hydrogens is 592 g/mol. The number of nitriles is 1. The van der Waals surface area contributed by atoms with Crippen molar-refractivity contribution >= 4 is 41.0 Å². The molecule has 12 nitrogen and oxygen atoms in total. The van der Waals surface area contributed by atoms with Gasteiger partial charge in [0.2, 0.25) is 0 Å². The van der Waals surface area contributed by atoms with Gasteiger partial charge in [-0.25, -0.2) is 4.99 Å². The number of hydrogen-bond acceptors (Lipinski definition) is 9. The molecule has 0 saturated carbocycles.